The summed E-state index contributed by atoms with van der Waals surface area (Å²) in [6, 6.07) is 4.34. The summed E-state index contributed by atoms with van der Waals surface area (Å²) in [6.45, 7) is 4.19. The molecule has 1 atom stereocenters. The molecule has 0 spiro atoms. The van der Waals surface area contributed by atoms with Gasteiger partial charge in [0.05, 0.1) is 10.5 Å². The number of rotatable bonds is 8. The van der Waals surface area contributed by atoms with Crippen molar-refractivity contribution >= 4 is 27.5 Å². The minimum atomic E-state index is -0.496. The van der Waals surface area contributed by atoms with Crippen molar-refractivity contribution in [3.8, 4) is 0 Å². The van der Waals surface area contributed by atoms with E-state index in [1.165, 1.54) is 18.2 Å². The van der Waals surface area contributed by atoms with Gasteiger partial charge in [0.15, 0.2) is 0 Å². The summed E-state index contributed by atoms with van der Waals surface area (Å²) in [7, 11) is 0. The van der Waals surface area contributed by atoms with Gasteiger partial charge in [-0.2, -0.15) is 0 Å². The van der Waals surface area contributed by atoms with E-state index in [2.05, 4.69) is 35.1 Å². The van der Waals surface area contributed by atoms with Gasteiger partial charge in [0.2, 0.25) is 0 Å². The van der Waals surface area contributed by atoms with Gasteiger partial charge in [0, 0.05) is 22.6 Å². The molecule has 0 saturated heterocycles. The van der Waals surface area contributed by atoms with Gasteiger partial charge in [-0.3, -0.25) is 14.9 Å². The molecule has 1 unspecified atom stereocenters. The molecular weight excluding hydrogens is 336 g/mol. The van der Waals surface area contributed by atoms with Crippen molar-refractivity contribution in [3.63, 3.8) is 0 Å². The number of carbonyl (C=O) groups excluding carboxylic acids is 1. The second kappa shape index (κ2) is 8.77. The summed E-state index contributed by atoms with van der Waals surface area (Å²) in [5.74, 6) is -0.264. The van der Waals surface area contributed by atoms with Crippen LogP contribution >= 0.6 is 15.9 Å². The fraction of sp³-hybridized carbons (Fsp3) is 0.533. The highest BCUT2D eigenvalue weighted by molar-refractivity contribution is 9.10. The summed E-state index contributed by atoms with van der Waals surface area (Å²) < 4.78 is 0.566. The molecule has 0 bridgehead atoms. The molecule has 1 amide bonds. The molecule has 6 heteroatoms. The smallest absolute Gasteiger partial charge is 0.270 e. The van der Waals surface area contributed by atoms with Crippen molar-refractivity contribution in [2.75, 3.05) is 0 Å². The van der Waals surface area contributed by atoms with Crippen LogP contribution < -0.4 is 5.32 Å². The van der Waals surface area contributed by atoms with Crippen LogP contribution in [0.4, 0.5) is 5.69 Å². The highest BCUT2D eigenvalue weighted by Crippen LogP contribution is 2.23. The third-order valence-electron chi connectivity index (χ3n) is 3.28. The monoisotopic (exact) mass is 356 g/mol. The topological polar surface area (TPSA) is 72.2 Å². The molecule has 0 saturated carbocycles. The third-order valence-corrected chi connectivity index (χ3v) is 3.98. The first kappa shape index (κ1) is 17.6. The predicted molar refractivity (Wildman–Crippen MR) is 86.5 cm³/mol. The molecule has 0 aliphatic rings. The Morgan fingerprint density at radius 1 is 1.33 bits per heavy atom. The summed E-state index contributed by atoms with van der Waals surface area (Å²) in [4.78, 5) is 22.6. The maximum Gasteiger partial charge on any atom is 0.270 e. The van der Waals surface area contributed by atoms with E-state index in [-0.39, 0.29) is 17.6 Å². The lowest BCUT2D eigenvalue weighted by atomic mass is 10.0. The van der Waals surface area contributed by atoms with Crippen molar-refractivity contribution < 1.29 is 9.72 Å². The molecule has 0 heterocycles. The fourth-order valence-electron chi connectivity index (χ4n) is 2.15. The summed E-state index contributed by atoms with van der Waals surface area (Å²) in [5.41, 5.74) is 0.228. The first-order chi connectivity index (χ1) is 9.99. The minimum Gasteiger partial charge on any atom is -0.349 e. The van der Waals surface area contributed by atoms with Crippen molar-refractivity contribution in [3.05, 3.63) is 38.3 Å². The molecule has 116 valence electrons. The van der Waals surface area contributed by atoms with Crippen molar-refractivity contribution in [1.82, 2.24) is 5.32 Å². The van der Waals surface area contributed by atoms with Gasteiger partial charge in [-0.05, 0) is 34.8 Å². The Balaban J connectivity index is 2.85. The number of nitro benzene ring substituents is 1. The molecule has 0 aliphatic heterocycles. The number of carbonyl (C=O) groups is 1. The molecule has 1 aromatic rings. The zero-order chi connectivity index (χ0) is 15.8. The van der Waals surface area contributed by atoms with E-state index in [0.29, 0.717) is 10.0 Å². The molecule has 0 aromatic heterocycles. The second-order valence-corrected chi connectivity index (χ2v) is 5.88. The summed E-state index contributed by atoms with van der Waals surface area (Å²) in [6.07, 6.45) is 4.98. The number of nitrogens with one attached hydrogen (secondary N) is 1. The van der Waals surface area contributed by atoms with E-state index in [1.807, 2.05) is 0 Å². The molecule has 1 aromatic carbocycles. The Morgan fingerprint density at radius 3 is 2.62 bits per heavy atom. The molecule has 0 aliphatic carbocycles. The summed E-state index contributed by atoms with van der Waals surface area (Å²) in [5, 5.41) is 13.8. The molecule has 1 N–H and O–H groups in total. The van der Waals surface area contributed by atoms with Gasteiger partial charge < -0.3 is 5.32 Å². The second-order valence-electron chi connectivity index (χ2n) is 5.02. The summed E-state index contributed by atoms with van der Waals surface area (Å²) >= 11 is 3.28. The standard InChI is InChI=1S/C15H21BrN2O3/c1-3-5-7-11(6-4-2)17-15(19)13-10-12(18(20)21)8-9-14(13)16/h8-11H,3-7H2,1-2H3,(H,17,19). The molecule has 1 rings (SSSR count). The Hall–Kier alpha value is -1.43. The van der Waals surface area contributed by atoms with Gasteiger partial charge in [0.1, 0.15) is 0 Å². The minimum absolute atomic E-state index is 0.0797. The number of amides is 1. The van der Waals surface area contributed by atoms with Crippen LogP contribution in [0.15, 0.2) is 22.7 Å². The number of halogens is 1. The van der Waals surface area contributed by atoms with E-state index >= 15 is 0 Å². The van der Waals surface area contributed by atoms with Gasteiger partial charge >= 0.3 is 0 Å². The predicted octanol–water partition coefficient (Wildman–Crippen LogP) is 4.45. The average molecular weight is 357 g/mol. The van der Waals surface area contributed by atoms with E-state index in [4.69, 9.17) is 0 Å². The molecule has 0 radical (unpaired) electrons. The van der Waals surface area contributed by atoms with Crippen LogP contribution in [0.25, 0.3) is 0 Å². The van der Waals surface area contributed by atoms with Crippen molar-refractivity contribution in [1.29, 1.82) is 0 Å². The Kier molecular flexibility index (Phi) is 7.36. The number of non-ortho nitro benzene ring substituents is 1. The maximum atomic E-state index is 12.3. The van der Waals surface area contributed by atoms with Gasteiger partial charge in [-0.25, -0.2) is 0 Å². The Labute approximate surface area is 133 Å². The van der Waals surface area contributed by atoms with E-state index in [1.54, 1.807) is 0 Å². The van der Waals surface area contributed by atoms with Gasteiger partial charge in [0.25, 0.3) is 11.6 Å². The lowest BCUT2D eigenvalue weighted by Gasteiger charge is -2.18. The zero-order valence-corrected chi connectivity index (χ0v) is 14.0. The first-order valence-electron chi connectivity index (χ1n) is 7.24. The Morgan fingerprint density at radius 2 is 2.05 bits per heavy atom. The quantitative estimate of drug-likeness (QED) is 0.552. The van der Waals surface area contributed by atoms with Crippen LogP contribution in [0.1, 0.15) is 56.3 Å². The number of hydrogen-bond donors (Lipinski definition) is 1. The van der Waals surface area contributed by atoms with Gasteiger partial charge in [-0.15, -0.1) is 0 Å². The zero-order valence-electron chi connectivity index (χ0n) is 12.4. The number of hydrogen-bond acceptors (Lipinski definition) is 3. The van der Waals surface area contributed by atoms with Gasteiger partial charge in [-0.1, -0.05) is 33.1 Å². The Bertz CT molecular complexity index is 506. The van der Waals surface area contributed by atoms with Crippen LogP contribution in [0.2, 0.25) is 0 Å². The fourth-order valence-corrected chi connectivity index (χ4v) is 2.58. The van der Waals surface area contributed by atoms with E-state index in [9.17, 15) is 14.9 Å². The van der Waals surface area contributed by atoms with Crippen molar-refractivity contribution in [2.24, 2.45) is 0 Å². The lowest BCUT2D eigenvalue weighted by Crippen LogP contribution is -2.35. The third kappa shape index (κ3) is 5.46. The normalized spacial score (nSPS) is 12.0. The molecule has 0 fully saturated rings. The molecule has 21 heavy (non-hydrogen) atoms. The maximum absolute atomic E-state index is 12.3. The SMILES string of the molecule is CCCCC(CCC)NC(=O)c1cc([N+](=O)[O-])ccc1Br. The largest absolute Gasteiger partial charge is 0.349 e. The number of benzene rings is 1. The van der Waals surface area contributed by atoms with Crippen LogP contribution in [0.5, 0.6) is 0 Å². The van der Waals surface area contributed by atoms with Crippen LogP contribution in [0.3, 0.4) is 0 Å². The van der Waals surface area contributed by atoms with Crippen molar-refractivity contribution in [2.45, 2.75) is 52.0 Å². The molecular formula is C15H21BrN2O3. The first-order valence-corrected chi connectivity index (χ1v) is 8.03. The lowest BCUT2D eigenvalue weighted by molar-refractivity contribution is -0.384. The highest BCUT2D eigenvalue weighted by Gasteiger charge is 2.18. The molecule has 5 nitrogen and oxygen atoms in total. The van der Waals surface area contributed by atoms with E-state index in [0.717, 1.165) is 32.1 Å². The number of nitrogens with zero attached hydrogens (tertiary/aromatic N) is 1. The average Bonchev–Trinajstić information content (AvgIpc) is 2.45. The van der Waals surface area contributed by atoms with E-state index < -0.39 is 4.92 Å². The highest BCUT2D eigenvalue weighted by atomic mass is 79.9. The number of nitro groups is 1. The van der Waals surface area contributed by atoms with Crippen LogP contribution in [-0.4, -0.2) is 16.9 Å². The van der Waals surface area contributed by atoms with Crippen LogP contribution in [-0.2, 0) is 0 Å². The van der Waals surface area contributed by atoms with Crippen LogP contribution in [0, 0.1) is 10.1 Å². The number of unbranched alkanes of at least 4 members (excludes halogenated alkanes) is 1.